The Morgan fingerprint density at radius 3 is 2.78 bits per heavy atom. The van der Waals surface area contributed by atoms with Crippen LogP contribution in [0, 0.1) is 17.2 Å². The average molecular weight is 244 g/mol. The molecule has 0 bridgehead atoms. The summed E-state index contributed by atoms with van der Waals surface area (Å²) in [6.07, 6.45) is 5.88. The highest BCUT2D eigenvalue weighted by atomic mass is 15.1. The second-order valence-corrected chi connectivity index (χ2v) is 5.20. The van der Waals surface area contributed by atoms with E-state index in [-0.39, 0.29) is 0 Å². The number of pyridine rings is 1. The van der Waals surface area contributed by atoms with E-state index >= 15 is 0 Å². The lowest BCUT2D eigenvalue weighted by atomic mass is 9.96. The number of hydrogen-bond acceptors (Lipinski definition) is 4. The molecule has 1 aromatic heterocycles. The lowest BCUT2D eigenvalue weighted by Gasteiger charge is -2.34. The number of anilines is 1. The van der Waals surface area contributed by atoms with Gasteiger partial charge in [0.05, 0.1) is 17.4 Å². The Labute approximate surface area is 109 Å². The number of nitrogens with zero attached hydrogens (tertiary/aromatic N) is 4. The van der Waals surface area contributed by atoms with Crippen molar-refractivity contribution in [2.24, 2.45) is 5.92 Å². The number of nitriles is 1. The van der Waals surface area contributed by atoms with E-state index in [2.05, 4.69) is 34.9 Å². The zero-order valence-corrected chi connectivity index (χ0v) is 11.1. The van der Waals surface area contributed by atoms with Gasteiger partial charge in [-0.05, 0) is 38.9 Å². The number of aromatic nitrogens is 1. The van der Waals surface area contributed by atoms with Gasteiger partial charge in [0.25, 0.3) is 0 Å². The zero-order valence-electron chi connectivity index (χ0n) is 11.1. The maximum absolute atomic E-state index is 9.11. The number of piperidine rings is 1. The largest absolute Gasteiger partial charge is 0.369 e. The first-order chi connectivity index (χ1) is 8.70. The molecule has 0 saturated carbocycles. The topological polar surface area (TPSA) is 43.2 Å². The fourth-order valence-electron chi connectivity index (χ4n) is 2.61. The molecule has 1 aliphatic heterocycles. The van der Waals surface area contributed by atoms with Crippen molar-refractivity contribution in [2.45, 2.75) is 12.8 Å². The van der Waals surface area contributed by atoms with E-state index in [0.29, 0.717) is 0 Å². The molecular formula is C14H20N4. The molecule has 0 amide bonds. The minimum absolute atomic E-state index is 0.732. The van der Waals surface area contributed by atoms with E-state index in [9.17, 15) is 0 Å². The first-order valence-corrected chi connectivity index (χ1v) is 6.44. The maximum atomic E-state index is 9.11. The van der Waals surface area contributed by atoms with Crippen molar-refractivity contribution in [3.05, 3.63) is 24.0 Å². The van der Waals surface area contributed by atoms with Crippen molar-refractivity contribution in [1.29, 1.82) is 5.26 Å². The van der Waals surface area contributed by atoms with Crippen LogP contribution in [-0.2, 0) is 0 Å². The van der Waals surface area contributed by atoms with E-state index in [1.807, 2.05) is 6.20 Å². The molecule has 18 heavy (non-hydrogen) atoms. The summed E-state index contributed by atoms with van der Waals surface area (Å²) in [6.45, 7) is 3.21. The van der Waals surface area contributed by atoms with E-state index in [4.69, 9.17) is 5.26 Å². The first kappa shape index (κ1) is 12.8. The summed E-state index contributed by atoms with van der Waals surface area (Å²) in [4.78, 5) is 8.68. The predicted molar refractivity (Wildman–Crippen MR) is 72.4 cm³/mol. The predicted octanol–water partition coefficient (Wildman–Crippen LogP) is 1.73. The molecule has 0 spiro atoms. The SMILES string of the molecule is CN(C)CC1CCN(c2cnccc2C#N)CC1. The van der Waals surface area contributed by atoms with Crippen molar-refractivity contribution >= 4 is 5.69 Å². The molecule has 0 atom stereocenters. The Bertz CT molecular complexity index is 428. The molecule has 4 heteroatoms. The summed E-state index contributed by atoms with van der Waals surface area (Å²) in [7, 11) is 4.25. The lowest BCUT2D eigenvalue weighted by molar-refractivity contribution is 0.285. The summed E-state index contributed by atoms with van der Waals surface area (Å²) in [5.74, 6) is 0.776. The normalized spacial score (nSPS) is 16.9. The summed E-state index contributed by atoms with van der Waals surface area (Å²) in [5.41, 5.74) is 1.72. The summed E-state index contributed by atoms with van der Waals surface area (Å²) in [5, 5.41) is 9.11. The highest BCUT2D eigenvalue weighted by Crippen LogP contribution is 2.25. The van der Waals surface area contributed by atoms with Gasteiger partial charge in [-0.3, -0.25) is 4.98 Å². The molecular weight excluding hydrogens is 224 g/mol. The van der Waals surface area contributed by atoms with E-state index in [1.54, 1.807) is 12.3 Å². The average Bonchev–Trinajstić information content (AvgIpc) is 2.39. The summed E-state index contributed by atoms with van der Waals surface area (Å²) in [6, 6.07) is 4.04. The van der Waals surface area contributed by atoms with E-state index in [1.165, 1.54) is 12.8 Å². The molecule has 1 aromatic rings. The monoisotopic (exact) mass is 244 g/mol. The van der Waals surface area contributed by atoms with Crippen LogP contribution in [0.1, 0.15) is 18.4 Å². The van der Waals surface area contributed by atoms with Crippen molar-refractivity contribution in [3.8, 4) is 6.07 Å². The van der Waals surface area contributed by atoms with Gasteiger partial charge in [-0.25, -0.2) is 0 Å². The Morgan fingerprint density at radius 2 is 2.17 bits per heavy atom. The Balaban J connectivity index is 1.99. The van der Waals surface area contributed by atoms with Crippen molar-refractivity contribution < 1.29 is 0 Å². The van der Waals surface area contributed by atoms with Crippen LogP contribution in [0.25, 0.3) is 0 Å². The third kappa shape index (κ3) is 2.99. The van der Waals surface area contributed by atoms with Gasteiger partial charge in [0.1, 0.15) is 6.07 Å². The molecule has 0 unspecified atom stereocenters. The van der Waals surface area contributed by atoms with Gasteiger partial charge < -0.3 is 9.80 Å². The van der Waals surface area contributed by atoms with Gasteiger partial charge in [0, 0.05) is 25.8 Å². The standard InChI is InChI=1S/C14H20N4/c1-17(2)11-12-4-7-18(8-5-12)14-10-16-6-3-13(14)9-15/h3,6,10,12H,4-5,7-8,11H2,1-2H3. The zero-order chi connectivity index (χ0) is 13.0. The molecule has 1 saturated heterocycles. The molecule has 2 heterocycles. The number of hydrogen-bond donors (Lipinski definition) is 0. The van der Waals surface area contributed by atoms with Gasteiger partial charge in [0.15, 0.2) is 0 Å². The van der Waals surface area contributed by atoms with Crippen LogP contribution in [0.2, 0.25) is 0 Å². The van der Waals surface area contributed by atoms with E-state index in [0.717, 1.165) is 36.8 Å². The van der Waals surface area contributed by atoms with Crippen LogP contribution in [0.15, 0.2) is 18.5 Å². The third-order valence-corrected chi connectivity index (χ3v) is 3.50. The van der Waals surface area contributed by atoms with Crippen molar-refractivity contribution in [1.82, 2.24) is 9.88 Å². The fourth-order valence-corrected chi connectivity index (χ4v) is 2.61. The second-order valence-electron chi connectivity index (χ2n) is 5.20. The molecule has 0 radical (unpaired) electrons. The first-order valence-electron chi connectivity index (χ1n) is 6.44. The second kappa shape index (κ2) is 5.83. The molecule has 96 valence electrons. The van der Waals surface area contributed by atoms with Crippen LogP contribution < -0.4 is 4.90 Å². The molecule has 0 aromatic carbocycles. The summed E-state index contributed by atoms with van der Waals surface area (Å²) < 4.78 is 0. The lowest BCUT2D eigenvalue weighted by Crippen LogP contribution is -2.37. The van der Waals surface area contributed by atoms with Gasteiger partial charge in [-0.15, -0.1) is 0 Å². The summed E-state index contributed by atoms with van der Waals surface area (Å²) >= 11 is 0. The van der Waals surface area contributed by atoms with Crippen LogP contribution >= 0.6 is 0 Å². The highest BCUT2D eigenvalue weighted by Gasteiger charge is 2.21. The molecule has 2 rings (SSSR count). The van der Waals surface area contributed by atoms with Crippen molar-refractivity contribution in [2.75, 3.05) is 38.6 Å². The molecule has 0 N–H and O–H groups in total. The molecule has 1 aliphatic rings. The Kier molecular flexibility index (Phi) is 4.16. The molecule has 0 aliphatic carbocycles. The third-order valence-electron chi connectivity index (χ3n) is 3.50. The van der Waals surface area contributed by atoms with Crippen LogP contribution in [-0.4, -0.2) is 43.6 Å². The van der Waals surface area contributed by atoms with Crippen LogP contribution in [0.5, 0.6) is 0 Å². The minimum atomic E-state index is 0.732. The number of rotatable bonds is 3. The van der Waals surface area contributed by atoms with E-state index < -0.39 is 0 Å². The quantitative estimate of drug-likeness (QED) is 0.812. The van der Waals surface area contributed by atoms with Gasteiger partial charge in [-0.2, -0.15) is 5.26 Å². The minimum Gasteiger partial charge on any atom is -0.369 e. The fraction of sp³-hybridized carbons (Fsp3) is 0.571. The smallest absolute Gasteiger partial charge is 0.101 e. The Hall–Kier alpha value is -1.60. The van der Waals surface area contributed by atoms with Gasteiger partial charge in [-0.1, -0.05) is 0 Å². The molecule has 1 fully saturated rings. The van der Waals surface area contributed by atoms with Crippen LogP contribution in [0.4, 0.5) is 5.69 Å². The Morgan fingerprint density at radius 1 is 1.44 bits per heavy atom. The maximum Gasteiger partial charge on any atom is 0.101 e. The van der Waals surface area contributed by atoms with Crippen LogP contribution in [0.3, 0.4) is 0 Å². The highest BCUT2D eigenvalue weighted by molar-refractivity contribution is 5.57. The van der Waals surface area contributed by atoms with Gasteiger partial charge in [0.2, 0.25) is 0 Å². The van der Waals surface area contributed by atoms with Gasteiger partial charge >= 0.3 is 0 Å². The van der Waals surface area contributed by atoms with Crippen molar-refractivity contribution in [3.63, 3.8) is 0 Å². The molecule has 4 nitrogen and oxygen atoms in total.